The zero-order valence-electron chi connectivity index (χ0n) is 10.2. The Morgan fingerprint density at radius 3 is 2.79 bits per heavy atom. The molecule has 1 aromatic rings. The number of carbonyl (C=O) groups excluding carboxylic acids is 1. The van der Waals surface area contributed by atoms with Crippen LogP contribution in [0.25, 0.3) is 0 Å². The van der Waals surface area contributed by atoms with Crippen LogP contribution in [0.5, 0.6) is 5.75 Å². The van der Waals surface area contributed by atoms with Crippen molar-refractivity contribution in [2.24, 2.45) is 0 Å². The summed E-state index contributed by atoms with van der Waals surface area (Å²) in [7, 11) is 0. The monoisotopic (exact) mass is 283 g/mol. The van der Waals surface area contributed by atoms with Gasteiger partial charge in [-0.05, 0) is 17.7 Å². The number of amides is 1. The number of carboxylic acids is 1. The maximum absolute atomic E-state index is 11.4. The van der Waals surface area contributed by atoms with E-state index >= 15 is 0 Å². The Labute approximate surface area is 115 Å². The van der Waals surface area contributed by atoms with E-state index in [9.17, 15) is 9.59 Å². The van der Waals surface area contributed by atoms with Crippen molar-refractivity contribution in [3.63, 3.8) is 0 Å². The highest BCUT2D eigenvalue weighted by molar-refractivity contribution is 6.32. The highest BCUT2D eigenvalue weighted by Crippen LogP contribution is 2.25. The summed E-state index contributed by atoms with van der Waals surface area (Å²) in [6.45, 7) is 3.48. The van der Waals surface area contributed by atoms with Crippen molar-refractivity contribution in [2.45, 2.75) is 6.42 Å². The summed E-state index contributed by atoms with van der Waals surface area (Å²) in [4.78, 5) is 21.7. The molecular weight excluding hydrogens is 270 g/mol. The summed E-state index contributed by atoms with van der Waals surface area (Å²) >= 11 is 5.99. The van der Waals surface area contributed by atoms with Crippen molar-refractivity contribution in [3.05, 3.63) is 41.4 Å². The molecular formula is C13H14ClNO4. The largest absolute Gasteiger partial charge is 0.488 e. The fraction of sp³-hybridized carbons (Fsp3) is 0.231. The van der Waals surface area contributed by atoms with Gasteiger partial charge in [-0.1, -0.05) is 30.3 Å². The lowest BCUT2D eigenvalue weighted by molar-refractivity contribution is -0.137. The maximum Gasteiger partial charge on any atom is 0.322 e. The molecule has 1 aromatic carbocycles. The molecule has 0 saturated carbocycles. The van der Waals surface area contributed by atoms with Crippen molar-refractivity contribution < 1.29 is 19.4 Å². The Hall–Kier alpha value is -2.01. The highest BCUT2D eigenvalue weighted by atomic mass is 35.5. The van der Waals surface area contributed by atoms with E-state index < -0.39 is 12.5 Å². The average Bonchev–Trinajstić information content (AvgIpc) is 2.35. The van der Waals surface area contributed by atoms with Crippen LogP contribution in [0.2, 0.25) is 5.02 Å². The van der Waals surface area contributed by atoms with E-state index in [-0.39, 0.29) is 12.3 Å². The van der Waals surface area contributed by atoms with Crippen LogP contribution < -0.4 is 10.1 Å². The number of benzene rings is 1. The predicted octanol–water partition coefficient (Wildman–Crippen LogP) is 1.65. The maximum atomic E-state index is 11.4. The van der Waals surface area contributed by atoms with E-state index in [1.165, 1.54) is 0 Å². The van der Waals surface area contributed by atoms with Crippen LogP contribution in [0.1, 0.15) is 5.56 Å². The Balaban J connectivity index is 2.60. The van der Waals surface area contributed by atoms with E-state index in [4.69, 9.17) is 21.4 Å². The van der Waals surface area contributed by atoms with Gasteiger partial charge in [0.15, 0.2) is 0 Å². The standard InChI is InChI=1S/C13H14ClNO4/c1-2-5-19-11-4-3-9(6-10(11)14)7-12(16)15-8-13(17)18/h2-4,6H,1,5,7-8H2,(H,15,16)(H,17,18). The van der Waals surface area contributed by atoms with Crippen LogP contribution >= 0.6 is 11.6 Å². The van der Waals surface area contributed by atoms with Gasteiger partial charge in [0.05, 0.1) is 11.4 Å². The molecule has 0 saturated heterocycles. The lowest BCUT2D eigenvalue weighted by Crippen LogP contribution is -2.30. The highest BCUT2D eigenvalue weighted by Gasteiger charge is 2.08. The average molecular weight is 284 g/mol. The number of ether oxygens (including phenoxy) is 1. The third kappa shape index (κ3) is 5.44. The first-order valence-electron chi connectivity index (χ1n) is 5.53. The molecule has 19 heavy (non-hydrogen) atoms. The first-order chi connectivity index (χ1) is 9.02. The zero-order valence-corrected chi connectivity index (χ0v) is 10.9. The molecule has 0 aliphatic heterocycles. The summed E-state index contributed by atoms with van der Waals surface area (Å²) < 4.78 is 5.30. The molecule has 2 N–H and O–H groups in total. The van der Waals surface area contributed by atoms with Gasteiger partial charge in [-0.3, -0.25) is 9.59 Å². The molecule has 5 nitrogen and oxygen atoms in total. The van der Waals surface area contributed by atoms with E-state index in [1.807, 2.05) is 0 Å². The Bertz CT molecular complexity index is 488. The number of carbonyl (C=O) groups is 2. The molecule has 0 aromatic heterocycles. The fourth-order valence-electron chi connectivity index (χ4n) is 1.34. The molecule has 0 fully saturated rings. The van der Waals surface area contributed by atoms with Gasteiger partial charge in [-0.25, -0.2) is 0 Å². The third-order valence-electron chi connectivity index (χ3n) is 2.15. The molecule has 0 spiro atoms. The van der Waals surface area contributed by atoms with Crippen molar-refractivity contribution in [1.82, 2.24) is 5.32 Å². The fourth-order valence-corrected chi connectivity index (χ4v) is 1.60. The number of nitrogens with one attached hydrogen (secondary N) is 1. The minimum atomic E-state index is -1.08. The Kier molecular flexibility index (Phi) is 5.89. The molecule has 0 radical (unpaired) electrons. The molecule has 0 aliphatic rings. The van der Waals surface area contributed by atoms with Gasteiger partial charge in [0.1, 0.15) is 18.9 Å². The van der Waals surface area contributed by atoms with Gasteiger partial charge < -0.3 is 15.2 Å². The number of hydrogen-bond acceptors (Lipinski definition) is 3. The van der Waals surface area contributed by atoms with Crippen LogP contribution in [0.15, 0.2) is 30.9 Å². The van der Waals surface area contributed by atoms with Crippen molar-refractivity contribution in [3.8, 4) is 5.75 Å². The quantitative estimate of drug-likeness (QED) is 0.746. The van der Waals surface area contributed by atoms with Gasteiger partial charge in [0, 0.05) is 0 Å². The Morgan fingerprint density at radius 1 is 1.47 bits per heavy atom. The Morgan fingerprint density at radius 2 is 2.21 bits per heavy atom. The molecule has 1 amide bonds. The molecule has 0 bridgehead atoms. The second-order valence-corrected chi connectivity index (χ2v) is 4.12. The number of hydrogen-bond donors (Lipinski definition) is 2. The number of halogens is 1. The normalized spacial score (nSPS) is 9.74. The smallest absolute Gasteiger partial charge is 0.322 e. The minimum Gasteiger partial charge on any atom is -0.488 e. The molecule has 0 heterocycles. The van der Waals surface area contributed by atoms with Gasteiger partial charge >= 0.3 is 5.97 Å². The summed E-state index contributed by atoms with van der Waals surface area (Å²) in [6.07, 6.45) is 1.67. The first-order valence-corrected chi connectivity index (χ1v) is 5.91. The molecule has 0 atom stereocenters. The van der Waals surface area contributed by atoms with Crippen LogP contribution in [0, 0.1) is 0 Å². The lowest BCUT2D eigenvalue weighted by Gasteiger charge is -2.08. The molecule has 6 heteroatoms. The first kappa shape index (κ1) is 15.0. The topological polar surface area (TPSA) is 75.6 Å². The van der Waals surface area contributed by atoms with E-state index in [0.29, 0.717) is 22.9 Å². The second-order valence-electron chi connectivity index (χ2n) is 3.71. The molecule has 0 aliphatic carbocycles. The van der Waals surface area contributed by atoms with Crippen LogP contribution in [-0.4, -0.2) is 30.1 Å². The van der Waals surface area contributed by atoms with Gasteiger partial charge in [-0.2, -0.15) is 0 Å². The number of aliphatic carboxylic acids is 1. The lowest BCUT2D eigenvalue weighted by atomic mass is 10.1. The van der Waals surface area contributed by atoms with Crippen molar-refractivity contribution >= 4 is 23.5 Å². The molecule has 102 valence electrons. The summed E-state index contributed by atoms with van der Waals surface area (Å²) in [5, 5.41) is 11.1. The van der Waals surface area contributed by atoms with E-state index in [0.717, 1.165) is 0 Å². The second kappa shape index (κ2) is 7.43. The SMILES string of the molecule is C=CCOc1ccc(CC(=O)NCC(=O)O)cc1Cl. The number of carboxylic acid groups (broad SMARTS) is 1. The summed E-state index contributed by atoms with van der Waals surface area (Å²) in [5.74, 6) is -0.950. The van der Waals surface area contributed by atoms with Crippen LogP contribution in [-0.2, 0) is 16.0 Å². The van der Waals surface area contributed by atoms with Crippen LogP contribution in [0.4, 0.5) is 0 Å². The van der Waals surface area contributed by atoms with Gasteiger partial charge in [-0.15, -0.1) is 0 Å². The minimum absolute atomic E-state index is 0.0642. The predicted molar refractivity (Wildman–Crippen MR) is 71.5 cm³/mol. The van der Waals surface area contributed by atoms with Gasteiger partial charge in [0.25, 0.3) is 0 Å². The van der Waals surface area contributed by atoms with Crippen LogP contribution in [0.3, 0.4) is 0 Å². The summed E-state index contributed by atoms with van der Waals surface area (Å²) in [6, 6.07) is 4.97. The van der Waals surface area contributed by atoms with E-state index in [2.05, 4.69) is 11.9 Å². The van der Waals surface area contributed by atoms with Crippen molar-refractivity contribution in [1.29, 1.82) is 0 Å². The zero-order chi connectivity index (χ0) is 14.3. The number of rotatable bonds is 7. The molecule has 0 unspecified atom stereocenters. The van der Waals surface area contributed by atoms with Crippen molar-refractivity contribution in [2.75, 3.05) is 13.2 Å². The third-order valence-corrected chi connectivity index (χ3v) is 2.45. The van der Waals surface area contributed by atoms with Gasteiger partial charge in [0.2, 0.25) is 5.91 Å². The summed E-state index contributed by atoms with van der Waals surface area (Å²) in [5.41, 5.74) is 0.679. The van der Waals surface area contributed by atoms with E-state index in [1.54, 1.807) is 24.3 Å². The molecule has 1 rings (SSSR count).